The lowest BCUT2D eigenvalue weighted by Crippen LogP contribution is -1.99. The number of alkyl halides is 1. The number of hydrogen-bond donors (Lipinski definition) is 0. The van der Waals surface area contributed by atoms with Crippen molar-refractivity contribution < 1.29 is 4.79 Å². The Hall–Kier alpha value is -1.34. The van der Waals surface area contributed by atoms with Crippen LogP contribution in [0.3, 0.4) is 0 Å². The predicted octanol–water partition coefficient (Wildman–Crippen LogP) is 3.96. The zero-order valence-corrected chi connectivity index (χ0v) is 9.92. The normalized spacial score (nSPS) is 10.6. The number of halogens is 1. The molecular weight excluding hydrogens is 220 g/mol. The van der Waals surface area contributed by atoms with Crippen molar-refractivity contribution in [3.63, 3.8) is 0 Å². The molecular formula is C14H13ClO. The molecule has 0 unspecified atom stereocenters. The van der Waals surface area contributed by atoms with Crippen LogP contribution in [0.5, 0.6) is 0 Å². The summed E-state index contributed by atoms with van der Waals surface area (Å²) in [5.41, 5.74) is 1.98. The maximum Gasteiger partial charge on any atom is 0.164 e. The van der Waals surface area contributed by atoms with Gasteiger partial charge in [-0.1, -0.05) is 35.9 Å². The van der Waals surface area contributed by atoms with E-state index in [-0.39, 0.29) is 5.78 Å². The van der Waals surface area contributed by atoms with Crippen LogP contribution in [0.4, 0.5) is 0 Å². The van der Waals surface area contributed by atoms with Crippen LogP contribution in [0.2, 0.25) is 0 Å². The summed E-state index contributed by atoms with van der Waals surface area (Å²) in [7, 11) is 0. The first-order valence-electron chi connectivity index (χ1n) is 5.30. The standard InChI is InChI=1S/C14H13ClO/c1-10-2-3-12-9-13(14(16)6-7-15)5-4-11(12)8-10/h2-5,8-9H,6-7H2,1H3. The molecule has 0 aromatic heterocycles. The van der Waals surface area contributed by atoms with Crippen molar-refractivity contribution in [3.8, 4) is 0 Å². The number of Topliss-reactive ketones (excluding diaryl/α,β-unsaturated/α-hetero) is 1. The minimum Gasteiger partial charge on any atom is -0.294 e. The number of hydrogen-bond acceptors (Lipinski definition) is 1. The molecule has 2 aromatic carbocycles. The average molecular weight is 233 g/mol. The predicted molar refractivity (Wildman–Crippen MR) is 68.4 cm³/mol. The Morgan fingerprint density at radius 3 is 2.56 bits per heavy atom. The zero-order chi connectivity index (χ0) is 11.5. The summed E-state index contributed by atoms with van der Waals surface area (Å²) < 4.78 is 0. The summed E-state index contributed by atoms with van der Waals surface area (Å²) in [5.74, 6) is 0.489. The van der Waals surface area contributed by atoms with E-state index >= 15 is 0 Å². The minimum atomic E-state index is 0.109. The quantitative estimate of drug-likeness (QED) is 0.578. The Balaban J connectivity index is 2.44. The molecule has 2 rings (SSSR count). The Kier molecular flexibility index (Phi) is 3.25. The molecule has 0 radical (unpaired) electrons. The third-order valence-corrected chi connectivity index (χ3v) is 2.83. The lowest BCUT2D eigenvalue weighted by molar-refractivity contribution is 0.0989. The van der Waals surface area contributed by atoms with Crippen molar-refractivity contribution >= 4 is 28.2 Å². The number of aryl methyl sites for hydroxylation is 1. The third-order valence-electron chi connectivity index (χ3n) is 2.64. The van der Waals surface area contributed by atoms with Gasteiger partial charge in [0.25, 0.3) is 0 Å². The van der Waals surface area contributed by atoms with E-state index in [2.05, 4.69) is 19.1 Å². The van der Waals surface area contributed by atoms with Crippen LogP contribution in [0.1, 0.15) is 22.3 Å². The third kappa shape index (κ3) is 2.25. The summed E-state index contributed by atoms with van der Waals surface area (Å²) in [6.07, 6.45) is 0.402. The Morgan fingerprint density at radius 2 is 1.81 bits per heavy atom. The highest BCUT2D eigenvalue weighted by atomic mass is 35.5. The lowest BCUT2D eigenvalue weighted by Gasteiger charge is -2.03. The molecule has 0 aliphatic carbocycles. The summed E-state index contributed by atoms with van der Waals surface area (Å²) in [5, 5.41) is 2.27. The van der Waals surface area contributed by atoms with Crippen LogP contribution in [-0.4, -0.2) is 11.7 Å². The molecule has 0 fully saturated rings. The maximum atomic E-state index is 11.7. The number of ketones is 1. The molecule has 2 aromatic rings. The van der Waals surface area contributed by atoms with E-state index in [0.29, 0.717) is 12.3 Å². The summed E-state index contributed by atoms with van der Waals surface area (Å²) >= 11 is 5.56. The van der Waals surface area contributed by atoms with Gasteiger partial charge in [0.15, 0.2) is 5.78 Å². The van der Waals surface area contributed by atoms with Gasteiger partial charge in [-0.05, 0) is 23.8 Å². The molecule has 0 bridgehead atoms. The average Bonchev–Trinajstić information content (AvgIpc) is 2.28. The van der Waals surface area contributed by atoms with Crippen LogP contribution in [-0.2, 0) is 0 Å². The monoisotopic (exact) mass is 232 g/mol. The Morgan fingerprint density at radius 1 is 1.12 bits per heavy atom. The second kappa shape index (κ2) is 4.67. The van der Waals surface area contributed by atoms with E-state index in [0.717, 1.165) is 10.9 Å². The van der Waals surface area contributed by atoms with E-state index in [1.54, 1.807) is 0 Å². The molecule has 0 atom stereocenters. The molecule has 0 amide bonds. The Labute approximate surface area is 100 Å². The first-order chi connectivity index (χ1) is 7.70. The number of fused-ring (bicyclic) bond motifs is 1. The highest BCUT2D eigenvalue weighted by Crippen LogP contribution is 2.18. The molecule has 0 N–H and O–H groups in total. The smallest absolute Gasteiger partial charge is 0.164 e. The second-order valence-electron chi connectivity index (χ2n) is 3.93. The summed E-state index contributed by atoms with van der Waals surface area (Å²) in [4.78, 5) is 11.7. The molecule has 2 heteroatoms. The molecule has 0 aliphatic heterocycles. The molecule has 16 heavy (non-hydrogen) atoms. The van der Waals surface area contributed by atoms with Crippen molar-refractivity contribution in [2.45, 2.75) is 13.3 Å². The fourth-order valence-corrected chi connectivity index (χ4v) is 1.94. The number of rotatable bonds is 3. The van der Waals surface area contributed by atoms with Crippen molar-refractivity contribution in [2.75, 3.05) is 5.88 Å². The molecule has 0 aliphatic rings. The van der Waals surface area contributed by atoms with Crippen LogP contribution in [0, 0.1) is 6.92 Å². The van der Waals surface area contributed by atoms with E-state index in [4.69, 9.17) is 11.6 Å². The first kappa shape index (κ1) is 11.2. The molecule has 1 nitrogen and oxygen atoms in total. The lowest BCUT2D eigenvalue weighted by atomic mass is 10.0. The number of carbonyl (C=O) groups excluding carboxylic acids is 1. The number of carbonyl (C=O) groups is 1. The van der Waals surface area contributed by atoms with Gasteiger partial charge in [0.05, 0.1) is 0 Å². The maximum absolute atomic E-state index is 11.7. The Bertz CT molecular complexity index is 531. The van der Waals surface area contributed by atoms with Crippen molar-refractivity contribution in [1.82, 2.24) is 0 Å². The van der Waals surface area contributed by atoms with Gasteiger partial charge in [-0.3, -0.25) is 4.79 Å². The van der Waals surface area contributed by atoms with Crippen molar-refractivity contribution in [2.24, 2.45) is 0 Å². The highest BCUT2D eigenvalue weighted by molar-refractivity contribution is 6.19. The van der Waals surface area contributed by atoms with E-state index < -0.39 is 0 Å². The van der Waals surface area contributed by atoms with Gasteiger partial charge < -0.3 is 0 Å². The summed E-state index contributed by atoms with van der Waals surface area (Å²) in [6, 6.07) is 12.0. The van der Waals surface area contributed by atoms with E-state index in [1.807, 2.05) is 24.3 Å². The largest absolute Gasteiger partial charge is 0.294 e. The second-order valence-corrected chi connectivity index (χ2v) is 4.31. The van der Waals surface area contributed by atoms with Gasteiger partial charge in [0.1, 0.15) is 0 Å². The number of benzene rings is 2. The van der Waals surface area contributed by atoms with Gasteiger partial charge in [0.2, 0.25) is 0 Å². The molecule has 0 spiro atoms. The highest BCUT2D eigenvalue weighted by Gasteiger charge is 2.05. The van der Waals surface area contributed by atoms with Gasteiger partial charge in [-0.2, -0.15) is 0 Å². The van der Waals surface area contributed by atoms with E-state index in [9.17, 15) is 4.79 Å². The topological polar surface area (TPSA) is 17.1 Å². The van der Waals surface area contributed by atoms with Crippen molar-refractivity contribution in [1.29, 1.82) is 0 Å². The van der Waals surface area contributed by atoms with Crippen LogP contribution >= 0.6 is 11.6 Å². The molecule has 0 saturated carbocycles. The van der Waals surface area contributed by atoms with Gasteiger partial charge in [-0.25, -0.2) is 0 Å². The minimum absolute atomic E-state index is 0.109. The fraction of sp³-hybridized carbons (Fsp3) is 0.214. The van der Waals surface area contributed by atoms with E-state index in [1.165, 1.54) is 10.9 Å². The first-order valence-corrected chi connectivity index (χ1v) is 5.84. The van der Waals surface area contributed by atoms with Crippen LogP contribution < -0.4 is 0 Å². The molecule has 82 valence electrons. The molecule has 0 heterocycles. The van der Waals surface area contributed by atoms with Crippen molar-refractivity contribution in [3.05, 3.63) is 47.5 Å². The fourth-order valence-electron chi connectivity index (χ4n) is 1.77. The van der Waals surface area contributed by atoms with Crippen LogP contribution in [0.25, 0.3) is 10.8 Å². The van der Waals surface area contributed by atoms with Gasteiger partial charge >= 0.3 is 0 Å². The molecule has 0 saturated heterocycles. The summed E-state index contributed by atoms with van der Waals surface area (Å²) in [6.45, 7) is 2.06. The SMILES string of the molecule is Cc1ccc2cc(C(=O)CCCl)ccc2c1. The zero-order valence-electron chi connectivity index (χ0n) is 9.16. The van der Waals surface area contributed by atoms with Gasteiger partial charge in [-0.15, -0.1) is 11.6 Å². The van der Waals surface area contributed by atoms with Crippen LogP contribution in [0.15, 0.2) is 36.4 Å². The van der Waals surface area contributed by atoms with Gasteiger partial charge in [0, 0.05) is 17.9 Å².